The maximum Gasteiger partial charge on any atom is 0.154 e. The Morgan fingerprint density at radius 3 is 2.63 bits per heavy atom. The molecule has 2 aromatic heterocycles. The van der Waals surface area contributed by atoms with Gasteiger partial charge in [0.25, 0.3) is 0 Å². The summed E-state index contributed by atoms with van der Waals surface area (Å²) in [6.45, 7) is 0. The lowest BCUT2D eigenvalue weighted by Crippen LogP contribution is -2.00. The topological polar surface area (TPSA) is 57.0 Å². The molecule has 0 saturated heterocycles. The van der Waals surface area contributed by atoms with Gasteiger partial charge in [-0.1, -0.05) is 30.3 Å². The number of benzene rings is 1. The number of anilines is 1. The summed E-state index contributed by atoms with van der Waals surface area (Å²) >= 11 is 0. The van der Waals surface area contributed by atoms with Gasteiger partial charge in [0.15, 0.2) is 5.76 Å². The molecular weight excluding hydrogens is 238 g/mol. The third kappa shape index (κ3) is 2.12. The Balaban J connectivity index is 2.05. The van der Waals surface area contributed by atoms with Crippen LogP contribution in [0.4, 0.5) is 5.82 Å². The fraction of sp³-hybridized carbons (Fsp3) is 0.133. The molecule has 0 saturated carbocycles. The molecule has 0 radical (unpaired) electrons. The fourth-order valence-electron chi connectivity index (χ4n) is 2.17. The standard InChI is InChI=1S/C15H15N3O/c1-18-15(16)12(10-11-6-3-2-4-7-11)14(17-18)13-8-5-9-19-13/h2-9H,10,16H2,1H3. The second-order valence-electron chi connectivity index (χ2n) is 4.48. The number of rotatable bonds is 3. The molecule has 0 aliphatic heterocycles. The zero-order valence-electron chi connectivity index (χ0n) is 10.7. The van der Waals surface area contributed by atoms with E-state index in [0.717, 1.165) is 23.4 Å². The summed E-state index contributed by atoms with van der Waals surface area (Å²) in [7, 11) is 1.84. The van der Waals surface area contributed by atoms with Crippen LogP contribution in [-0.2, 0) is 13.5 Å². The molecule has 0 bridgehead atoms. The first kappa shape index (κ1) is 11.6. The minimum atomic E-state index is 0.676. The Hall–Kier alpha value is -2.49. The van der Waals surface area contributed by atoms with Gasteiger partial charge >= 0.3 is 0 Å². The molecule has 0 aliphatic rings. The molecule has 4 heteroatoms. The zero-order chi connectivity index (χ0) is 13.2. The molecule has 0 fully saturated rings. The molecule has 0 spiro atoms. The minimum absolute atomic E-state index is 0.676. The summed E-state index contributed by atoms with van der Waals surface area (Å²) in [5.41, 5.74) is 9.14. The first-order valence-corrected chi connectivity index (χ1v) is 6.15. The highest BCUT2D eigenvalue weighted by Crippen LogP contribution is 2.29. The van der Waals surface area contributed by atoms with E-state index in [1.165, 1.54) is 5.56 Å². The number of nitrogens with two attached hydrogens (primary N) is 1. The first-order valence-electron chi connectivity index (χ1n) is 6.15. The van der Waals surface area contributed by atoms with Crippen molar-refractivity contribution >= 4 is 5.82 Å². The Bertz CT molecular complexity index is 669. The Morgan fingerprint density at radius 2 is 1.95 bits per heavy atom. The summed E-state index contributed by atoms with van der Waals surface area (Å²) in [6.07, 6.45) is 2.39. The molecule has 3 rings (SSSR count). The van der Waals surface area contributed by atoms with Gasteiger partial charge in [-0.05, 0) is 17.7 Å². The van der Waals surface area contributed by atoms with Gasteiger partial charge < -0.3 is 10.2 Å². The average Bonchev–Trinajstić information content (AvgIpc) is 3.04. The maximum absolute atomic E-state index is 6.12. The van der Waals surface area contributed by atoms with Gasteiger partial charge in [0.05, 0.1) is 6.26 Å². The lowest BCUT2D eigenvalue weighted by molar-refractivity contribution is 0.577. The highest BCUT2D eigenvalue weighted by atomic mass is 16.3. The summed E-state index contributed by atoms with van der Waals surface area (Å²) in [6, 6.07) is 14.0. The first-order chi connectivity index (χ1) is 9.25. The summed E-state index contributed by atoms with van der Waals surface area (Å²) in [4.78, 5) is 0. The average molecular weight is 253 g/mol. The van der Waals surface area contributed by atoms with Crippen LogP contribution in [0.5, 0.6) is 0 Å². The number of furan rings is 1. The highest BCUT2D eigenvalue weighted by molar-refractivity contribution is 5.65. The highest BCUT2D eigenvalue weighted by Gasteiger charge is 2.17. The number of nitrogen functional groups attached to an aromatic ring is 1. The van der Waals surface area contributed by atoms with E-state index in [2.05, 4.69) is 17.2 Å². The third-order valence-electron chi connectivity index (χ3n) is 3.17. The van der Waals surface area contributed by atoms with Crippen LogP contribution in [0.2, 0.25) is 0 Å². The summed E-state index contributed by atoms with van der Waals surface area (Å²) in [5, 5.41) is 4.45. The van der Waals surface area contributed by atoms with E-state index < -0.39 is 0 Å². The van der Waals surface area contributed by atoms with E-state index >= 15 is 0 Å². The molecule has 19 heavy (non-hydrogen) atoms. The smallest absolute Gasteiger partial charge is 0.154 e. The molecule has 0 atom stereocenters. The number of hydrogen-bond donors (Lipinski definition) is 1. The number of aryl methyl sites for hydroxylation is 1. The predicted molar refractivity (Wildman–Crippen MR) is 74.6 cm³/mol. The molecule has 3 aromatic rings. The van der Waals surface area contributed by atoms with E-state index in [4.69, 9.17) is 10.2 Å². The SMILES string of the molecule is Cn1nc(-c2ccco2)c(Cc2ccccc2)c1N. The molecule has 0 aliphatic carbocycles. The zero-order valence-corrected chi connectivity index (χ0v) is 10.7. The minimum Gasteiger partial charge on any atom is -0.463 e. The van der Waals surface area contributed by atoms with E-state index in [-0.39, 0.29) is 0 Å². The van der Waals surface area contributed by atoms with Gasteiger partial charge in [-0.2, -0.15) is 5.10 Å². The number of hydrogen-bond acceptors (Lipinski definition) is 3. The number of nitrogens with zero attached hydrogens (tertiary/aromatic N) is 2. The van der Waals surface area contributed by atoms with Crippen LogP contribution in [0.1, 0.15) is 11.1 Å². The summed E-state index contributed by atoms with van der Waals surface area (Å²) in [5.74, 6) is 1.42. The summed E-state index contributed by atoms with van der Waals surface area (Å²) < 4.78 is 7.13. The molecule has 2 N–H and O–H groups in total. The fourth-order valence-corrected chi connectivity index (χ4v) is 2.17. The van der Waals surface area contributed by atoms with Crippen LogP contribution in [0.25, 0.3) is 11.5 Å². The second kappa shape index (κ2) is 4.65. The van der Waals surface area contributed by atoms with Gasteiger partial charge in [-0.3, -0.25) is 4.68 Å². The monoisotopic (exact) mass is 253 g/mol. The Kier molecular flexibility index (Phi) is 2.83. The van der Waals surface area contributed by atoms with Crippen LogP contribution in [0.3, 0.4) is 0 Å². The van der Waals surface area contributed by atoms with Crippen molar-refractivity contribution in [2.45, 2.75) is 6.42 Å². The molecule has 0 unspecified atom stereocenters. The van der Waals surface area contributed by atoms with Crippen molar-refractivity contribution in [3.05, 3.63) is 59.9 Å². The van der Waals surface area contributed by atoms with Crippen molar-refractivity contribution in [2.24, 2.45) is 7.05 Å². The second-order valence-corrected chi connectivity index (χ2v) is 4.48. The maximum atomic E-state index is 6.12. The van der Waals surface area contributed by atoms with Crippen LogP contribution >= 0.6 is 0 Å². The largest absolute Gasteiger partial charge is 0.463 e. The van der Waals surface area contributed by atoms with Gasteiger partial charge in [0.1, 0.15) is 11.5 Å². The van der Waals surface area contributed by atoms with Crippen molar-refractivity contribution in [1.82, 2.24) is 9.78 Å². The van der Waals surface area contributed by atoms with Crippen molar-refractivity contribution in [3.8, 4) is 11.5 Å². The molecule has 0 amide bonds. The van der Waals surface area contributed by atoms with Crippen molar-refractivity contribution < 1.29 is 4.42 Å². The quantitative estimate of drug-likeness (QED) is 0.780. The van der Waals surface area contributed by atoms with Gasteiger partial charge in [0.2, 0.25) is 0 Å². The van der Waals surface area contributed by atoms with Gasteiger partial charge in [-0.15, -0.1) is 0 Å². The van der Waals surface area contributed by atoms with Gasteiger partial charge in [0, 0.05) is 19.0 Å². The third-order valence-corrected chi connectivity index (χ3v) is 3.17. The molecule has 4 nitrogen and oxygen atoms in total. The van der Waals surface area contributed by atoms with Crippen LogP contribution in [0.15, 0.2) is 53.1 Å². The molecule has 1 aromatic carbocycles. The Morgan fingerprint density at radius 1 is 1.16 bits per heavy atom. The molecule has 2 heterocycles. The van der Waals surface area contributed by atoms with E-state index in [0.29, 0.717) is 5.82 Å². The van der Waals surface area contributed by atoms with Crippen molar-refractivity contribution in [1.29, 1.82) is 0 Å². The predicted octanol–water partition coefficient (Wildman–Crippen LogP) is 2.85. The number of aromatic nitrogens is 2. The lowest BCUT2D eigenvalue weighted by Gasteiger charge is -2.02. The van der Waals surface area contributed by atoms with Crippen molar-refractivity contribution in [3.63, 3.8) is 0 Å². The van der Waals surface area contributed by atoms with Crippen LogP contribution < -0.4 is 5.73 Å². The Labute approximate surface area is 111 Å². The van der Waals surface area contributed by atoms with E-state index in [1.807, 2.05) is 37.4 Å². The van der Waals surface area contributed by atoms with Crippen LogP contribution in [0, 0.1) is 0 Å². The van der Waals surface area contributed by atoms with E-state index in [9.17, 15) is 0 Å². The molecule has 96 valence electrons. The molecular formula is C15H15N3O. The van der Waals surface area contributed by atoms with Crippen LogP contribution in [-0.4, -0.2) is 9.78 Å². The lowest BCUT2D eigenvalue weighted by atomic mass is 10.0. The van der Waals surface area contributed by atoms with E-state index in [1.54, 1.807) is 10.9 Å². The van der Waals surface area contributed by atoms with Gasteiger partial charge in [-0.25, -0.2) is 0 Å². The van der Waals surface area contributed by atoms with Crippen molar-refractivity contribution in [2.75, 3.05) is 5.73 Å². The normalized spacial score (nSPS) is 10.8.